The first-order valence-corrected chi connectivity index (χ1v) is 8.85. The third-order valence-electron chi connectivity index (χ3n) is 4.40. The van der Waals surface area contributed by atoms with E-state index in [2.05, 4.69) is 0 Å². The van der Waals surface area contributed by atoms with Gasteiger partial charge in [-0.25, -0.2) is 4.39 Å². The highest BCUT2D eigenvalue weighted by atomic mass is 19.1. The van der Waals surface area contributed by atoms with E-state index in [1.54, 1.807) is 24.3 Å². The molecule has 0 N–H and O–H groups in total. The molecule has 0 saturated heterocycles. The van der Waals surface area contributed by atoms with E-state index in [0.717, 1.165) is 6.07 Å². The molecule has 0 unspecified atom stereocenters. The van der Waals surface area contributed by atoms with Crippen molar-refractivity contribution >= 4 is 11.5 Å². The third-order valence-corrected chi connectivity index (χ3v) is 4.40. The quantitative estimate of drug-likeness (QED) is 0.304. The lowest BCUT2D eigenvalue weighted by atomic mass is 10.0. The molecular weight excluding hydrogens is 393 g/mol. The average molecular weight is 411 g/mol. The maximum atomic E-state index is 13.6. The number of hydrogen-bond acceptors (Lipinski definition) is 6. The van der Waals surface area contributed by atoms with E-state index in [9.17, 15) is 19.3 Å². The second-order valence-electron chi connectivity index (χ2n) is 6.22. The van der Waals surface area contributed by atoms with Gasteiger partial charge in [0, 0.05) is 17.7 Å². The molecule has 30 heavy (non-hydrogen) atoms. The molecule has 0 heterocycles. The van der Waals surface area contributed by atoms with Crippen molar-refractivity contribution in [1.82, 2.24) is 0 Å². The first-order valence-electron chi connectivity index (χ1n) is 8.85. The first kappa shape index (κ1) is 20.8. The van der Waals surface area contributed by atoms with Crippen molar-refractivity contribution in [3.05, 3.63) is 82.2 Å². The molecule has 7 nitrogen and oxygen atoms in total. The molecule has 0 radical (unpaired) electrons. The van der Waals surface area contributed by atoms with Crippen molar-refractivity contribution in [2.24, 2.45) is 0 Å². The monoisotopic (exact) mass is 411 g/mol. The Hall–Kier alpha value is -3.94. The van der Waals surface area contributed by atoms with Crippen LogP contribution in [0.4, 0.5) is 10.1 Å². The number of nitrogens with zero attached hydrogens (tertiary/aromatic N) is 1. The number of carbonyl (C=O) groups is 1. The van der Waals surface area contributed by atoms with Crippen LogP contribution in [-0.4, -0.2) is 31.5 Å². The van der Waals surface area contributed by atoms with E-state index < -0.39 is 23.1 Å². The number of nitro groups is 1. The molecule has 0 spiro atoms. The zero-order valence-electron chi connectivity index (χ0n) is 16.3. The van der Waals surface area contributed by atoms with E-state index in [1.807, 2.05) is 0 Å². The van der Waals surface area contributed by atoms with Crippen molar-refractivity contribution in [2.75, 3.05) is 20.8 Å². The van der Waals surface area contributed by atoms with Crippen molar-refractivity contribution in [2.45, 2.75) is 0 Å². The maximum absolute atomic E-state index is 13.6. The standard InChI is InChI=1S/C22H18FNO6/c1-28-17-7-3-14(4-8-17)18-12-16(24(26)27)6-10-22(18)30-13-20(25)19-11-15(23)5-9-21(19)29-2/h3-12H,13H2,1-2H3. The molecule has 0 bridgehead atoms. The van der Waals surface area contributed by atoms with E-state index in [4.69, 9.17) is 14.2 Å². The van der Waals surface area contributed by atoms with Gasteiger partial charge in [0.1, 0.15) is 23.1 Å². The highest BCUT2D eigenvalue weighted by Gasteiger charge is 2.18. The number of non-ortho nitro benzene ring substituents is 1. The van der Waals surface area contributed by atoms with E-state index in [-0.39, 0.29) is 22.7 Å². The van der Waals surface area contributed by atoms with Crippen molar-refractivity contribution in [3.63, 3.8) is 0 Å². The van der Waals surface area contributed by atoms with Gasteiger partial charge in [0.25, 0.3) is 5.69 Å². The predicted molar refractivity (Wildman–Crippen MR) is 108 cm³/mol. The number of rotatable bonds is 8. The minimum atomic E-state index is -0.576. The van der Waals surface area contributed by atoms with Crippen LogP contribution in [-0.2, 0) is 0 Å². The summed E-state index contributed by atoms with van der Waals surface area (Å²) in [5, 5.41) is 11.2. The van der Waals surface area contributed by atoms with Crippen LogP contribution < -0.4 is 14.2 Å². The molecule has 8 heteroatoms. The van der Waals surface area contributed by atoms with E-state index >= 15 is 0 Å². The van der Waals surface area contributed by atoms with Crippen LogP contribution in [0.3, 0.4) is 0 Å². The van der Waals surface area contributed by atoms with Gasteiger partial charge < -0.3 is 14.2 Å². The molecular formula is C22H18FNO6. The zero-order valence-corrected chi connectivity index (χ0v) is 16.3. The Morgan fingerprint density at radius 1 is 0.967 bits per heavy atom. The summed E-state index contributed by atoms with van der Waals surface area (Å²) in [4.78, 5) is 23.2. The average Bonchev–Trinajstić information content (AvgIpc) is 2.77. The second kappa shape index (κ2) is 9.04. The number of methoxy groups -OCH3 is 2. The summed E-state index contributed by atoms with van der Waals surface area (Å²) in [5.41, 5.74) is 1.01. The van der Waals surface area contributed by atoms with E-state index in [0.29, 0.717) is 16.9 Å². The molecule has 3 rings (SSSR count). The van der Waals surface area contributed by atoms with Gasteiger partial charge in [-0.2, -0.15) is 0 Å². The lowest BCUT2D eigenvalue weighted by Crippen LogP contribution is -2.13. The van der Waals surface area contributed by atoms with Crippen LogP contribution in [0.2, 0.25) is 0 Å². The first-order chi connectivity index (χ1) is 14.4. The number of hydrogen-bond donors (Lipinski definition) is 0. The van der Waals surface area contributed by atoms with Gasteiger partial charge >= 0.3 is 0 Å². The normalized spacial score (nSPS) is 10.4. The molecule has 0 amide bonds. The number of Topliss-reactive ketones (excluding diaryl/α,β-unsaturated/α-hetero) is 1. The summed E-state index contributed by atoms with van der Waals surface area (Å²) >= 11 is 0. The molecule has 3 aromatic carbocycles. The predicted octanol–water partition coefficient (Wildman–Crippen LogP) is 4.68. The van der Waals surface area contributed by atoms with Gasteiger partial charge in [-0.05, 0) is 42.0 Å². The Morgan fingerprint density at radius 2 is 1.67 bits per heavy atom. The van der Waals surface area contributed by atoms with Crippen molar-refractivity contribution in [3.8, 4) is 28.4 Å². The van der Waals surface area contributed by atoms with Gasteiger partial charge in [0.15, 0.2) is 6.61 Å². The van der Waals surface area contributed by atoms with E-state index in [1.165, 1.54) is 44.6 Å². The van der Waals surface area contributed by atoms with Crippen molar-refractivity contribution < 1.29 is 28.3 Å². The van der Waals surface area contributed by atoms with Gasteiger partial charge in [0.2, 0.25) is 5.78 Å². The topological polar surface area (TPSA) is 87.9 Å². The van der Waals surface area contributed by atoms with Crippen LogP contribution in [0.5, 0.6) is 17.2 Å². The highest BCUT2D eigenvalue weighted by Crippen LogP contribution is 2.34. The molecule has 3 aromatic rings. The van der Waals surface area contributed by atoms with Crippen LogP contribution in [0.25, 0.3) is 11.1 Å². The van der Waals surface area contributed by atoms with Crippen LogP contribution >= 0.6 is 0 Å². The molecule has 0 fully saturated rings. The number of ether oxygens (including phenoxy) is 3. The second-order valence-corrected chi connectivity index (χ2v) is 6.22. The Balaban J connectivity index is 1.91. The Labute approximate surface area is 171 Å². The van der Waals surface area contributed by atoms with Crippen LogP contribution in [0.15, 0.2) is 60.7 Å². The lowest BCUT2D eigenvalue weighted by molar-refractivity contribution is -0.384. The summed E-state index contributed by atoms with van der Waals surface area (Å²) in [6.07, 6.45) is 0. The number of nitro benzene ring substituents is 1. The third kappa shape index (κ3) is 4.54. The molecule has 0 aliphatic carbocycles. The fourth-order valence-corrected chi connectivity index (χ4v) is 2.87. The maximum Gasteiger partial charge on any atom is 0.270 e. The highest BCUT2D eigenvalue weighted by molar-refractivity contribution is 5.99. The Kier molecular flexibility index (Phi) is 6.26. The fraction of sp³-hybridized carbons (Fsp3) is 0.136. The van der Waals surface area contributed by atoms with Gasteiger partial charge in [-0.3, -0.25) is 14.9 Å². The summed E-state index contributed by atoms with van der Waals surface area (Å²) in [7, 11) is 2.91. The van der Waals surface area contributed by atoms with Gasteiger partial charge in [0.05, 0.1) is 24.7 Å². The van der Waals surface area contributed by atoms with Gasteiger partial charge in [-0.1, -0.05) is 12.1 Å². The summed E-state index contributed by atoms with van der Waals surface area (Å²) < 4.78 is 29.4. The summed E-state index contributed by atoms with van der Waals surface area (Å²) in [6, 6.07) is 14.6. The molecule has 0 aromatic heterocycles. The molecule has 0 saturated carbocycles. The smallest absolute Gasteiger partial charge is 0.270 e. The number of halogens is 1. The summed E-state index contributed by atoms with van der Waals surface area (Å²) in [5.74, 6) is 0.0531. The summed E-state index contributed by atoms with van der Waals surface area (Å²) in [6.45, 7) is -0.402. The Morgan fingerprint density at radius 3 is 2.30 bits per heavy atom. The minimum Gasteiger partial charge on any atom is -0.497 e. The molecule has 0 aliphatic heterocycles. The molecule has 0 aliphatic rings. The SMILES string of the molecule is COc1ccc(-c2cc([N+](=O)[O-])ccc2OCC(=O)c2cc(F)ccc2OC)cc1. The lowest BCUT2D eigenvalue weighted by Gasteiger charge is -2.13. The van der Waals surface area contributed by atoms with Gasteiger partial charge in [-0.15, -0.1) is 0 Å². The fourth-order valence-electron chi connectivity index (χ4n) is 2.87. The molecule has 0 atom stereocenters. The minimum absolute atomic E-state index is 0.0467. The van der Waals surface area contributed by atoms with Crippen LogP contribution in [0.1, 0.15) is 10.4 Å². The Bertz CT molecular complexity index is 1080. The van der Waals surface area contributed by atoms with Crippen molar-refractivity contribution in [1.29, 1.82) is 0 Å². The number of carbonyl (C=O) groups excluding carboxylic acids is 1. The van der Waals surface area contributed by atoms with Crippen LogP contribution in [0, 0.1) is 15.9 Å². The number of benzene rings is 3. The zero-order chi connectivity index (χ0) is 21.7. The number of ketones is 1. The largest absolute Gasteiger partial charge is 0.497 e. The molecule has 154 valence electrons.